The average molecular weight is 181 g/mol. The molecule has 1 atom stereocenters. The summed E-state index contributed by atoms with van der Waals surface area (Å²) in [6.45, 7) is 3.66. The van der Waals surface area contributed by atoms with Crippen LogP contribution in [0.1, 0.15) is 12.8 Å². The SMILES string of the molecule is C=CCSC1=CN2C(=O)C[C@H]2C1. The van der Waals surface area contributed by atoms with Gasteiger partial charge in [-0.15, -0.1) is 18.3 Å². The molecule has 0 saturated carbocycles. The molecule has 3 heteroatoms. The van der Waals surface area contributed by atoms with Crippen molar-refractivity contribution in [3.05, 3.63) is 23.8 Å². The fourth-order valence-electron chi connectivity index (χ4n) is 1.55. The molecule has 12 heavy (non-hydrogen) atoms. The largest absolute Gasteiger partial charge is 0.314 e. The van der Waals surface area contributed by atoms with Gasteiger partial charge in [0.05, 0.1) is 0 Å². The van der Waals surface area contributed by atoms with Gasteiger partial charge in [-0.25, -0.2) is 0 Å². The molecule has 0 spiro atoms. The highest BCUT2D eigenvalue weighted by atomic mass is 32.2. The van der Waals surface area contributed by atoms with E-state index in [0.29, 0.717) is 6.04 Å². The normalized spacial score (nSPS) is 26.3. The Balaban J connectivity index is 1.93. The fraction of sp³-hybridized carbons (Fsp3) is 0.444. The molecule has 2 nitrogen and oxygen atoms in total. The summed E-state index contributed by atoms with van der Waals surface area (Å²) < 4.78 is 0. The standard InChI is InChI=1S/C9H11NOS/c1-2-3-12-8-4-7-5-9(11)10(7)6-8/h2,6-7H,1,3-5H2/t7-/m1/s1. The third-order valence-corrected chi connectivity index (χ3v) is 3.24. The van der Waals surface area contributed by atoms with E-state index in [9.17, 15) is 4.79 Å². The number of rotatable bonds is 3. The second kappa shape index (κ2) is 2.98. The van der Waals surface area contributed by atoms with Gasteiger partial charge in [-0.2, -0.15) is 0 Å². The van der Waals surface area contributed by atoms with E-state index >= 15 is 0 Å². The highest BCUT2D eigenvalue weighted by Crippen LogP contribution is 2.37. The Hall–Kier alpha value is -0.700. The van der Waals surface area contributed by atoms with Crippen LogP contribution in [-0.4, -0.2) is 22.6 Å². The van der Waals surface area contributed by atoms with Crippen LogP contribution in [0.15, 0.2) is 23.8 Å². The number of β-lactam (4-membered cyclic amide) rings is 1. The Labute approximate surface area is 76.3 Å². The highest BCUT2D eigenvalue weighted by molar-refractivity contribution is 8.03. The molecule has 0 unspecified atom stereocenters. The van der Waals surface area contributed by atoms with Crippen LogP contribution in [0.2, 0.25) is 0 Å². The number of nitrogens with zero attached hydrogens (tertiary/aromatic N) is 1. The first-order chi connectivity index (χ1) is 5.81. The van der Waals surface area contributed by atoms with Crippen molar-refractivity contribution in [3.8, 4) is 0 Å². The molecule has 0 radical (unpaired) electrons. The van der Waals surface area contributed by atoms with Gasteiger partial charge in [-0.3, -0.25) is 4.79 Å². The lowest BCUT2D eigenvalue weighted by molar-refractivity contribution is -0.140. The molecule has 1 fully saturated rings. The number of amides is 1. The minimum absolute atomic E-state index is 0.272. The van der Waals surface area contributed by atoms with Crippen LogP contribution in [0.3, 0.4) is 0 Å². The number of carbonyl (C=O) groups excluding carboxylic acids is 1. The lowest BCUT2D eigenvalue weighted by atomic mass is 10.0. The second-order valence-electron chi connectivity index (χ2n) is 3.06. The lowest BCUT2D eigenvalue weighted by Crippen LogP contribution is -2.45. The molecule has 2 aliphatic heterocycles. The summed E-state index contributed by atoms with van der Waals surface area (Å²) in [6, 6.07) is 0.491. The summed E-state index contributed by atoms with van der Waals surface area (Å²) in [5.41, 5.74) is 0. The van der Waals surface area contributed by atoms with Gasteiger partial charge in [-0.1, -0.05) is 6.08 Å². The van der Waals surface area contributed by atoms with Crippen molar-refractivity contribution in [1.29, 1.82) is 0 Å². The predicted octanol–water partition coefficient (Wildman–Crippen LogP) is 1.75. The smallest absolute Gasteiger partial charge is 0.228 e. The van der Waals surface area contributed by atoms with Gasteiger partial charge in [0.25, 0.3) is 0 Å². The molecule has 1 saturated heterocycles. The lowest BCUT2D eigenvalue weighted by Gasteiger charge is -2.32. The summed E-state index contributed by atoms with van der Waals surface area (Å²) in [7, 11) is 0. The predicted molar refractivity (Wildman–Crippen MR) is 50.6 cm³/mol. The maximum atomic E-state index is 11.0. The van der Waals surface area contributed by atoms with Crippen molar-refractivity contribution in [2.45, 2.75) is 18.9 Å². The minimum Gasteiger partial charge on any atom is -0.314 e. The quantitative estimate of drug-likeness (QED) is 0.488. The van der Waals surface area contributed by atoms with Gasteiger partial charge in [0.15, 0.2) is 0 Å². The number of carbonyl (C=O) groups is 1. The molecule has 1 amide bonds. The van der Waals surface area contributed by atoms with Crippen molar-refractivity contribution in [2.24, 2.45) is 0 Å². The Kier molecular flexibility index (Phi) is 1.97. The highest BCUT2D eigenvalue weighted by Gasteiger charge is 2.39. The topological polar surface area (TPSA) is 20.3 Å². The van der Waals surface area contributed by atoms with Gasteiger partial charge in [0.2, 0.25) is 5.91 Å². The molecule has 0 aromatic heterocycles. The van der Waals surface area contributed by atoms with Crippen molar-refractivity contribution in [1.82, 2.24) is 4.90 Å². The molecule has 2 heterocycles. The zero-order valence-corrected chi connectivity index (χ0v) is 7.64. The molecule has 0 aliphatic carbocycles. The van der Waals surface area contributed by atoms with Crippen molar-refractivity contribution >= 4 is 17.7 Å². The van der Waals surface area contributed by atoms with Crippen LogP contribution in [0, 0.1) is 0 Å². The Morgan fingerprint density at radius 2 is 2.58 bits per heavy atom. The first-order valence-electron chi connectivity index (χ1n) is 4.07. The number of fused-ring (bicyclic) bond motifs is 1. The first kappa shape index (κ1) is 7.92. The van der Waals surface area contributed by atoms with Crippen molar-refractivity contribution in [3.63, 3.8) is 0 Å². The van der Waals surface area contributed by atoms with Gasteiger partial charge in [0.1, 0.15) is 0 Å². The Morgan fingerprint density at radius 3 is 3.17 bits per heavy atom. The summed E-state index contributed by atoms with van der Waals surface area (Å²) >= 11 is 1.78. The van der Waals surface area contributed by atoms with Crippen LogP contribution >= 0.6 is 11.8 Å². The monoisotopic (exact) mass is 181 g/mol. The van der Waals surface area contributed by atoms with E-state index in [2.05, 4.69) is 6.58 Å². The maximum Gasteiger partial charge on any atom is 0.228 e. The summed E-state index contributed by atoms with van der Waals surface area (Å²) in [5, 5.41) is 0. The van der Waals surface area contributed by atoms with E-state index in [0.717, 1.165) is 18.6 Å². The van der Waals surface area contributed by atoms with E-state index in [4.69, 9.17) is 0 Å². The van der Waals surface area contributed by atoms with E-state index in [1.807, 2.05) is 17.2 Å². The second-order valence-corrected chi connectivity index (χ2v) is 4.20. The molecule has 64 valence electrons. The fourth-order valence-corrected chi connectivity index (χ4v) is 2.38. The third-order valence-electron chi connectivity index (χ3n) is 2.20. The van der Waals surface area contributed by atoms with Crippen molar-refractivity contribution < 1.29 is 4.79 Å². The van der Waals surface area contributed by atoms with Crippen LogP contribution in [0.25, 0.3) is 0 Å². The molecular formula is C9H11NOS. The van der Waals surface area contributed by atoms with E-state index in [1.165, 1.54) is 4.91 Å². The molecule has 2 aliphatic rings. The van der Waals surface area contributed by atoms with Gasteiger partial charge in [-0.05, 0) is 0 Å². The zero-order valence-electron chi connectivity index (χ0n) is 6.82. The summed E-state index contributed by atoms with van der Waals surface area (Å²) in [4.78, 5) is 14.2. The molecular weight excluding hydrogens is 170 g/mol. The molecule has 0 aromatic rings. The van der Waals surface area contributed by atoms with E-state index in [1.54, 1.807) is 11.8 Å². The van der Waals surface area contributed by atoms with Gasteiger partial charge < -0.3 is 4.90 Å². The minimum atomic E-state index is 0.272. The summed E-state index contributed by atoms with van der Waals surface area (Å²) in [6.07, 6.45) is 5.69. The van der Waals surface area contributed by atoms with Crippen LogP contribution in [0.5, 0.6) is 0 Å². The molecule has 0 N–H and O–H groups in total. The maximum absolute atomic E-state index is 11.0. The molecule has 0 bridgehead atoms. The van der Waals surface area contributed by atoms with Gasteiger partial charge >= 0.3 is 0 Å². The Bertz CT molecular complexity index is 259. The van der Waals surface area contributed by atoms with Crippen LogP contribution in [-0.2, 0) is 4.79 Å². The van der Waals surface area contributed by atoms with E-state index < -0.39 is 0 Å². The van der Waals surface area contributed by atoms with Crippen LogP contribution < -0.4 is 0 Å². The zero-order chi connectivity index (χ0) is 8.55. The van der Waals surface area contributed by atoms with Crippen molar-refractivity contribution in [2.75, 3.05) is 5.75 Å². The third kappa shape index (κ3) is 1.18. The first-order valence-corrected chi connectivity index (χ1v) is 5.05. The van der Waals surface area contributed by atoms with E-state index in [-0.39, 0.29) is 5.91 Å². The number of thioether (sulfide) groups is 1. The van der Waals surface area contributed by atoms with Crippen LogP contribution in [0.4, 0.5) is 0 Å². The molecule has 0 aromatic carbocycles. The van der Waals surface area contributed by atoms with Gasteiger partial charge in [0, 0.05) is 35.7 Å². The summed E-state index contributed by atoms with van der Waals surface area (Å²) in [5.74, 6) is 1.22. The number of hydrogen-bond donors (Lipinski definition) is 0. The molecule has 2 rings (SSSR count). The number of hydrogen-bond acceptors (Lipinski definition) is 2. The Morgan fingerprint density at radius 1 is 1.75 bits per heavy atom. The average Bonchev–Trinajstić information content (AvgIpc) is 2.39.